The lowest BCUT2D eigenvalue weighted by molar-refractivity contribution is 0.0382. The molecule has 0 aromatic heterocycles. The highest BCUT2D eigenvalue weighted by atomic mass is 79.9. The molecule has 0 amide bonds. The van der Waals surface area contributed by atoms with Gasteiger partial charge in [-0.05, 0) is 13.3 Å². The van der Waals surface area contributed by atoms with Crippen LogP contribution in [0, 0.1) is 0 Å². The highest BCUT2D eigenvalue weighted by Crippen LogP contribution is 1.97. The van der Waals surface area contributed by atoms with E-state index in [1.54, 1.807) is 0 Å². The third-order valence-electron chi connectivity index (χ3n) is 2.57. The summed E-state index contributed by atoms with van der Waals surface area (Å²) in [6.07, 6.45) is 1.20. The summed E-state index contributed by atoms with van der Waals surface area (Å²) in [4.78, 5) is 2.46. The van der Waals surface area contributed by atoms with E-state index in [1.165, 1.54) is 6.42 Å². The lowest BCUT2D eigenvalue weighted by Gasteiger charge is -2.27. The number of hydrogen-bond acceptors (Lipinski definition) is 3. The molecule has 1 saturated heterocycles. The zero-order valence-electron chi connectivity index (χ0n) is 8.97. The summed E-state index contributed by atoms with van der Waals surface area (Å²) in [5.74, 6) is 0. The van der Waals surface area contributed by atoms with E-state index in [4.69, 9.17) is 4.74 Å². The average Bonchev–Trinajstić information content (AvgIpc) is 2.20. The van der Waals surface area contributed by atoms with Crippen LogP contribution < -0.4 is 5.32 Å². The lowest BCUT2D eigenvalue weighted by Crippen LogP contribution is -2.41. The number of halogens is 1. The van der Waals surface area contributed by atoms with Gasteiger partial charge in [0.1, 0.15) is 0 Å². The minimum absolute atomic E-state index is 0.621. The normalized spacial score (nSPS) is 21.0. The molecule has 0 bridgehead atoms. The summed E-state index contributed by atoms with van der Waals surface area (Å²) in [6, 6.07) is 0.621. The average molecular weight is 265 g/mol. The van der Waals surface area contributed by atoms with Crippen LogP contribution in [0.2, 0.25) is 0 Å². The summed E-state index contributed by atoms with van der Waals surface area (Å²) >= 11 is 3.45. The first kappa shape index (κ1) is 12.4. The van der Waals surface area contributed by atoms with Gasteiger partial charge in [0.25, 0.3) is 0 Å². The Bertz CT molecular complexity index is 140. The number of nitrogens with one attached hydrogen (secondary N) is 1. The Hall–Kier alpha value is 0.360. The molecule has 0 radical (unpaired) electrons. The molecular weight excluding hydrogens is 244 g/mol. The standard InChI is InChI=1S/C10H21BrN2O/c1-10(2-3-11)12-4-5-13-6-8-14-9-7-13/h10,12H,2-9H2,1H3. The van der Waals surface area contributed by atoms with Crippen molar-refractivity contribution in [2.24, 2.45) is 0 Å². The molecule has 1 aliphatic rings. The number of rotatable bonds is 6. The second-order valence-electron chi connectivity index (χ2n) is 3.79. The van der Waals surface area contributed by atoms with Crippen LogP contribution in [0.5, 0.6) is 0 Å². The molecule has 0 aromatic carbocycles. The summed E-state index contributed by atoms with van der Waals surface area (Å²) in [5, 5.41) is 4.60. The molecule has 1 aliphatic heterocycles. The Labute approximate surface area is 95.3 Å². The fourth-order valence-electron chi connectivity index (χ4n) is 1.56. The fraction of sp³-hybridized carbons (Fsp3) is 1.00. The van der Waals surface area contributed by atoms with Crippen molar-refractivity contribution >= 4 is 15.9 Å². The predicted molar refractivity (Wildman–Crippen MR) is 63.1 cm³/mol. The topological polar surface area (TPSA) is 24.5 Å². The second kappa shape index (κ2) is 7.63. The molecular formula is C10H21BrN2O. The van der Waals surface area contributed by atoms with Gasteiger partial charge in [0.15, 0.2) is 0 Å². The minimum Gasteiger partial charge on any atom is -0.379 e. The van der Waals surface area contributed by atoms with Gasteiger partial charge in [-0.2, -0.15) is 0 Å². The van der Waals surface area contributed by atoms with Crippen molar-refractivity contribution in [2.75, 3.05) is 44.7 Å². The predicted octanol–water partition coefficient (Wildman–Crippen LogP) is 1.08. The Morgan fingerprint density at radius 3 is 2.79 bits per heavy atom. The van der Waals surface area contributed by atoms with Crippen LogP contribution in [0.3, 0.4) is 0 Å². The molecule has 0 aromatic rings. The summed E-state index contributed by atoms with van der Waals surface area (Å²) in [5.41, 5.74) is 0. The quantitative estimate of drug-likeness (QED) is 0.727. The molecule has 84 valence electrons. The fourth-order valence-corrected chi connectivity index (χ4v) is 2.25. The van der Waals surface area contributed by atoms with E-state index in [0.29, 0.717) is 6.04 Å². The maximum absolute atomic E-state index is 5.30. The van der Waals surface area contributed by atoms with Crippen molar-refractivity contribution in [3.63, 3.8) is 0 Å². The largest absolute Gasteiger partial charge is 0.379 e. The Morgan fingerprint density at radius 1 is 1.43 bits per heavy atom. The summed E-state index contributed by atoms with van der Waals surface area (Å²) < 4.78 is 5.30. The van der Waals surface area contributed by atoms with Gasteiger partial charge in [-0.25, -0.2) is 0 Å². The van der Waals surface area contributed by atoms with Gasteiger partial charge in [-0.15, -0.1) is 0 Å². The zero-order valence-corrected chi connectivity index (χ0v) is 10.6. The van der Waals surface area contributed by atoms with E-state index in [0.717, 1.165) is 44.7 Å². The molecule has 1 atom stereocenters. The number of morpholine rings is 1. The molecule has 1 rings (SSSR count). The van der Waals surface area contributed by atoms with E-state index in [2.05, 4.69) is 33.1 Å². The molecule has 0 spiro atoms. The molecule has 14 heavy (non-hydrogen) atoms. The van der Waals surface area contributed by atoms with Gasteiger partial charge in [-0.3, -0.25) is 4.90 Å². The smallest absolute Gasteiger partial charge is 0.0594 e. The first-order valence-corrected chi connectivity index (χ1v) is 6.54. The minimum atomic E-state index is 0.621. The first-order valence-electron chi connectivity index (χ1n) is 5.42. The Kier molecular flexibility index (Phi) is 6.77. The van der Waals surface area contributed by atoms with Crippen molar-refractivity contribution < 1.29 is 4.74 Å². The van der Waals surface area contributed by atoms with Crippen LogP contribution in [0.25, 0.3) is 0 Å². The summed E-state index contributed by atoms with van der Waals surface area (Å²) in [6.45, 7) is 8.46. The number of ether oxygens (including phenoxy) is 1. The zero-order chi connectivity index (χ0) is 10.2. The van der Waals surface area contributed by atoms with E-state index >= 15 is 0 Å². The maximum atomic E-state index is 5.30. The maximum Gasteiger partial charge on any atom is 0.0594 e. The van der Waals surface area contributed by atoms with Crippen molar-refractivity contribution in [2.45, 2.75) is 19.4 Å². The molecule has 1 heterocycles. The van der Waals surface area contributed by atoms with E-state index in [9.17, 15) is 0 Å². The Morgan fingerprint density at radius 2 is 2.14 bits per heavy atom. The first-order chi connectivity index (χ1) is 6.83. The van der Waals surface area contributed by atoms with E-state index < -0.39 is 0 Å². The number of alkyl halides is 1. The van der Waals surface area contributed by atoms with Crippen LogP contribution in [-0.4, -0.2) is 55.7 Å². The van der Waals surface area contributed by atoms with Gasteiger partial charge in [0.05, 0.1) is 13.2 Å². The van der Waals surface area contributed by atoms with Gasteiger partial charge in [-0.1, -0.05) is 15.9 Å². The van der Waals surface area contributed by atoms with Gasteiger partial charge in [0.2, 0.25) is 0 Å². The summed E-state index contributed by atoms with van der Waals surface area (Å²) in [7, 11) is 0. The highest BCUT2D eigenvalue weighted by molar-refractivity contribution is 9.09. The molecule has 3 nitrogen and oxygen atoms in total. The molecule has 1 unspecified atom stereocenters. The van der Waals surface area contributed by atoms with Crippen LogP contribution in [0.4, 0.5) is 0 Å². The molecule has 1 N–H and O–H groups in total. The molecule has 0 saturated carbocycles. The SMILES string of the molecule is CC(CCBr)NCCN1CCOCC1. The molecule has 0 aliphatic carbocycles. The van der Waals surface area contributed by atoms with E-state index in [1.807, 2.05) is 0 Å². The van der Waals surface area contributed by atoms with Gasteiger partial charge >= 0.3 is 0 Å². The van der Waals surface area contributed by atoms with Gasteiger partial charge in [0, 0.05) is 37.6 Å². The molecule has 1 fully saturated rings. The Balaban J connectivity index is 1.96. The van der Waals surface area contributed by atoms with Crippen molar-refractivity contribution in [3.05, 3.63) is 0 Å². The lowest BCUT2D eigenvalue weighted by atomic mass is 10.2. The van der Waals surface area contributed by atoms with E-state index in [-0.39, 0.29) is 0 Å². The van der Waals surface area contributed by atoms with Crippen molar-refractivity contribution in [1.82, 2.24) is 10.2 Å². The number of nitrogens with zero attached hydrogens (tertiary/aromatic N) is 1. The monoisotopic (exact) mass is 264 g/mol. The van der Waals surface area contributed by atoms with Crippen LogP contribution in [-0.2, 0) is 4.74 Å². The van der Waals surface area contributed by atoms with Gasteiger partial charge < -0.3 is 10.1 Å². The van der Waals surface area contributed by atoms with Crippen LogP contribution in [0.1, 0.15) is 13.3 Å². The third-order valence-corrected chi connectivity index (χ3v) is 3.02. The van der Waals surface area contributed by atoms with Crippen LogP contribution >= 0.6 is 15.9 Å². The molecule has 4 heteroatoms. The van der Waals surface area contributed by atoms with Crippen LogP contribution in [0.15, 0.2) is 0 Å². The number of hydrogen-bond donors (Lipinski definition) is 1. The van der Waals surface area contributed by atoms with Crippen molar-refractivity contribution in [1.29, 1.82) is 0 Å². The highest BCUT2D eigenvalue weighted by Gasteiger charge is 2.09. The second-order valence-corrected chi connectivity index (χ2v) is 4.58. The van der Waals surface area contributed by atoms with Crippen molar-refractivity contribution in [3.8, 4) is 0 Å². The third kappa shape index (κ3) is 5.29.